The minimum absolute atomic E-state index is 0.231. The van der Waals surface area contributed by atoms with Crippen LogP contribution >= 0.6 is 0 Å². The van der Waals surface area contributed by atoms with Crippen molar-refractivity contribution in [1.29, 1.82) is 0 Å². The van der Waals surface area contributed by atoms with Crippen molar-refractivity contribution in [3.63, 3.8) is 0 Å². The van der Waals surface area contributed by atoms with Gasteiger partial charge in [0.1, 0.15) is 18.3 Å². The number of amides is 2. The lowest BCUT2D eigenvalue weighted by atomic mass is 10.0. The van der Waals surface area contributed by atoms with Crippen LogP contribution in [0.15, 0.2) is 65.3 Å². The first-order valence-corrected chi connectivity index (χ1v) is 11.6. The summed E-state index contributed by atoms with van der Waals surface area (Å²) in [5.41, 5.74) is 1.64. The minimum Gasteiger partial charge on any atom is -0.458 e. The van der Waals surface area contributed by atoms with Gasteiger partial charge in [-0.1, -0.05) is 12.1 Å². The molecule has 186 valence electrons. The van der Waals surface area contributed by atoms with E-state index in [4.69, 9.17) is 4.42 Å². The van der Waals surface area contributed by atoms with Gasteiger partial charge in [-0.05, 0) is 87.4 Å². The molecule has 3 heterocycles. The average Bonchev–Trinajstić information content (AvgIpc) is 3.45. The molecule has 1 unspecified atom stereocenters. The van der Waals surface area contributed by atoms with Crippen molar-refractivity contribution in [3.05, 3.63) is 77.8 Å². The third kappa shape index (κ3) is 5.83. The van der Waals surface area contributed by atoms with Crippen molar-refractivity contribution in [3.8, 4) is 11.6 Å². The predicted molar refractivity (Wildman–Crippen MR) is 134 cm³/mol. The maximum Gasteiger partial charge on any atom is 0.251 e. The number of nitrogens with zero attached hydrogens (tertiary/aromatic N) is 6. The second kappa shape index (κ2) is 10.1. The normalized spacial score (nSPS) is 12.2. The van der Waals surface area contributed by atoms with E-state index in [2.05, 4.69) is 25.7 Å². The maximum absolute atomic E-state index is 13.8. The van der Waals surface area contributed by atoms with Crippen molar-refractivity contribution < 1.29 is 14.0 Å². The van der Waals surface area contributed by atoms with Gasteiger partial charge in [-0.15, -0.1) is 10.2 Å². The minimum atomic E-state index is -0.947. The molecule has 10 nitrogen and oxygen atoms in total. The topological polar surface area (TPSA) is 119 Å². The molecular formula is C26H29N7O3. The van der Waals surface area contributed by atoms with Crippen LogP contribution in [0.1, 0.15) is 43.7 Å². The predicted octanol–water partition coefficient (Wildman–Crippen LogP) is 3.63. The fraction of sp³-hybridized carbons (Fsp3) is 0.308. The molecule has 0 aliphatic carbocycles. The summed E-state index contributed by atoms with van der Waals surface area (Å²) < 4.78 is 5.56. The van der Waals surface area contributed by atoms with Crippen molar-refractivity contribution in [2.75, 3.05) is 4.90 Å². The van der Waals surface area contributed by atoms with Gasteiger partial charge in [0.25, 0.3) is 5.91 Å². The highest BCUT2D eigenvalue weighted by Crippen LogP contribution is 2.29. The van der Waals surface area contributed by atoms with E-state index in [0.29, 0.717) is 22.8 Å². The van der Waals surface area contributed by atoms with E-state index in [9.17, 15) is 9.59 Å². The number of nitrogens with one attached hydrogen (secondary N) is 1. The summed E-state index contributed by atoms with van der Waals surface area (Å²) in [6, 6.07) is 13.5. The largest absolute Gasteiger partial charge is 0.458 e. The highest BCUT2D eigenvalue weighted by Gasteiger charge is 2.35. The molecule has 0 spiro atoms. The van der Waals surface area contributed by atoms with Gasteiger partial charge in [0.05, 0.1) is 0 Å². The Morgan fingerprint density at radius 2 is 1.83 bits per heavy atom. The molecular weight excluding hydrogens is 458 g/mol. The van der Waals surface area contributed by atoms with Gasteiger partial charge in [-0.3, -0.25) is 19.5 Å². The maximum atomic E-state index is 13.8. The van der Waals surface area contributed by atoms with Gasteiger partial charge in [0, 0.05) is 23.6 Å². The molecule has 1 N–H and O–H groups in total. The summed E-state index contributed by atoms with van der Waals surface area (Å²) in [4.78, 5) is 34.2. The Balaban J connectivity index is 1.73. The molecule has 3 aromatic heterocycles. The van der Waals surface area contributed by atoms with Crippen LogP contribution in [0.5, 0.6) is 0 Å². The molecule has 0 aliphatic heterocycles. The van der Waals surface area contributed by atoms with Gasteiger partial charge in [-0.2, -0.15) is 4.80 Å². The van der Waals surface area contributed by atoms with Gasteiger partial charge < -0.3 is 9.73 Å². The van der Waals surface area contributed by atoms with E-state index in [1.807, 2.05) is 52.8 Å². The Bertz CT molecular complexity index is 1360. The lowest BCUT2D eigenvalue weighted by Crippen LogP contribution is -2.50. The smallest absolute Gasteiger partial charge is 0.251 e. The second-order valence-electron chi connectivity index (χ2n) is 9.58. The highest BCUT2D eigenvalue weighted by atomic mass is 16.3. The summed E-state index contributed by atoms with van der Waals surface area (Å²) >= 11 is 0. The van der Waals surface area contributed by atoms with E-state index < -0.39 is 11.6 Å². The monoisotopic (exact) mass is 487 g/mol. The molecule has 10 heteroatoms. The van der Waals surface area contributed by atoms with Crippen molar-refractivity contribution >= 4 is 17.5 Å². The standard InChI is InChI=1S/C26H29N7O3/c1-17-7-6-8-20(15-17)33(23(19-11-13-27-14-12-19)25(35)28-26(3,4)5)22(34)16-32-30-24(29-31-32)21-10-9-18(2)36-21/h6-15,23H,16H2,1-5H3,(H,28,35). The SMILES string of the molecule is Cc1cccc(N(C(=O)Cn2nnc(-c3ccc(C)o3)n2)C(C(=O)NC(C)(C)C)c2ccncc2)c1. The van der Waals surface area contributed by atoms with Gasteiger partial charge in [0.15, 0.2) is 5.76 Å². The van der Waals surface area contributed by atoms with Crippen LogP contribution in [-0.2, 0) is 16.1 Å². The number of aryl methyl sites for hydroxylation is 2. The number of anilines is 1. The zero-order chi connectivity index (χ0) is 25.9. The third-order valence-corrected chi connectivity index (χ3v) is 5.27. The van der Waals surface area contributed by atoms with Crippen molar-refractivity contribution in [1.82, 2.24) is 30.5 Å². The summed E-state index contributed by atoms with van der Waals surface area (Å²) in [6.07, 6.45) is 3.20. The number of pyridine rings is 1. The molecule has 4 aromatic rings. The number of aromatic nitrogens is 5. The van der Waals surface area contributed by atoms with E-state index >= 15 is 0 Å². The molecule has 1 atom stereocenters. The molecule has 4 rings (SSSR count). The van der Waals surface area contributed by atoms with E-state index in [-0.39, 0.29) is 24.2 Å². The molecule has 36 heavy (non-hydrogen) atoms. The molecule has 0 radical (unpaired) electrons. The Hall–Kier alpha value is -4.34. The number of furan rings is 1. The molecule has 0 saturated heterocycles. The first-order valence-electron chi connectivity index (χ1n) is 11.6. The lowest BCUT2D eigenvalue weighted by Gasteiger charge is -2.33. The van der Waals surface area contributed by atoms with Crippen LogP contribution in [0, 0.1) is 13.8 Å². The molecule has 0 aliphatic rings. The summed E-state index contributed by atoms with van der Waals surface area (Å²) in [5, 5.41) is 15.4. The van der Waals surface area contributed by atoms with Crippen molar-refractivity contribution in [2.24, 2.45) is 0 Å². The average molecular weight is 488 g/mol. The summed E-state index contributed by atoms with van der Waals surface area (Å²) in [6.45, 7) is 9.20. The fourth-order valence-corrected chi connectivity index (χ4v) is 3.78. The number of rotatable bonds is 7. The number of benzene rings is 1. The van der Waals surface area contributed by atoms with Gasteiger partial charge in [-0.25, -0.2) is 0 Å². The van der Waals surface area contributed by atoms with Crippen LogP contribution in [0.3, 0.4) is 0 Å². The fourth-order valence-electron chi connectivity index (χ4n) is 3.78. The molecule has 1 aromatic carbocycles. The summed E-state index contributed by atoms with van der Waals surface area (Å²) in [5.74, 6) is 0.746. The number of tetrazole rings is 1. The third-order valence-electron chi connectivity index (χ3n) is 5.27. The van der Waals surface area contributed by atoms with E-state index in [0.717, 1.165) is 5.56 Å². The zero-order valence-corrected chi connectivity index (χ0v) is 21.0. The van der Waals surface area contributed by atoms with Crippen LogP contribution in [0.2, 0.25) is 0 Å². The van der Waals surface area contributed by atoms with E-state index in [1.165, 1.54) is 9.70 Å². The molecule has 2 amide bonds. The lowest BCUT2D eigenvalue weighted by molar-refractivity contribution is -0.128. The number of hydrogen-bond acceptors (Lipinski definition) is 7. The molecule has 0 bridgehead atoms. The van der Waals surface area contributed by atoms with Gasteiger partial charge in [0.2, 0.25) is 11.7 Å². The Labute approximate surface area is 209 Å². The Morgan fingerprint density at radius 3 is 2.47 bits per heavy atom. The number of hydrogen-bond donors (Lipinski definition) is 1. The van der Waals surface area contributed by atoms with Crippen molar-refractivity contribution in [2.45, 2.75) is 52.7 Å². The second-order valence-corrected chi connectivity index (χ2v) is 9.58. The van der Waals surface area contributed by atoms with Crippen LogP contribution in [-0.4, -0.2) is 42.5 Å². The first kappa shape index (κ1) is 24.8. The summed E-state index contributed by atoms with van der Waals surface area (Å²) in [7, 11) is 0. The number of carbonyl (C=O) groups is 2. The molecule has 0 saturated carbocycles. The zero-order valence-electron chi connectivity index (χ0n) is 21.0. The van der Waals surface area contributed by atoms with Crippen LogP contribution in [0.25, 0.3) is 11.6 Å². The van der Waals surface area contributed by atoms with Crippen LogP contribution in [0.4, 0.5) is 5.69 Å². The number of carbonyl (C=O) groups excluding carboxylic acids is 2. The Morgan fingerprint density at radius 1 is 1.08 bits per heavy atom. The van der Waals surface area contributed by atoms with Gasteiger partial charge >= 0.3 is 0 Å². The molecule has 0 fully saturated rings. The quantitative estimate of drug-likeness (QED) is 0.423. The Kier molecular flexibility index (Phi) is 6.96. The van der Waals surface area contributed by atoms with Crippen LogP contribution < -0.4 is 10.2 Å². The van der Waals surface area contributed by atoms with E-state index in [1.54, 1.807) is 42.7 Å². The highest BCUT2D eigenvalue weighted by molar-refractivity contribution is 6.01. The first-order chi connectivity index (χ1) is 17.1.